The largest absolute Gasteiger partial charge is 0.454 e. The van der Waals surface area contributed by atoms with Gasteiger partial charge in [0.1, 0.15) is 11.2 Å². The number of aryl methyl sites for hydroxylation is 4. The number of anilines is 6. The van der Waals surface area contributed by atoms with Gasteiger partial charge in [0, 0.05) is 43.7 Å². The standard InChI is InChI=1S/C62H52N2O2/c1-35(2)49-33-55(63(51-29-23-37(5)31-39(51)7)53-19-13-17-45-41-15-9-11-21-57(41)65-61(45)53)47-28-26-44-50(36(3)4)34-56(48-27-25-43(49)59(47)60(44)48)64(52-30-24-38(6)32-40(52)8)54-20-14-18-46-42-16-10-12-22-58(42)66-62(46)54/h9-36H,1-8H3. The van der Waals surface area contributed by atoms with Gasteiger partial charge < -0.3 is 18.6 Å². The summed E-state index contributed by atoms with van der Waals surface area (Å²) in [5.41, 5.74) is 17.6. The zero-order chi connectivity index (χ0) is 45.1. The highest BCUT2D eigenvalue weighted by Gasteiger charge is 2.29. The molecule has 0 fully saturated rings. The summed E-state index contributed by atoms with van der Waals surface area (Å²) in [5.74, 6) is 0.496. The molecule has 12 rings (SSSR count). The minimum Gasteiger partial charge on any atom is -0.454 e. The van der Waals surface area contributed by atoms with E-state index in [1.807, 2.05) is 0 Å². The molecule has 0 bridgehead atoms. The highest BCUT2D eigenvalue weighted by molar-refractivity contribution is 6.30. The third-order valence-corrected chi connectivity index (χ3v) is 14.1. The molecule has 2 heterocycles. The van der Waals surface area contributed by atoms with Gasteiger partial charge >= 0.3 is 0 Å². The van der Waals surface area contributed by atoms with E-state index >= 15 is 0 Å². The zero-order valence-electron chi connectivity index (χ0n) is 38.9. The van der Waals surface area contributed by atoms with Crippen molar-refractivity contribution in [1.29, 1.82) is 0 Å². The van der Waals surface area contributed by atoms with Crippen molar-refractivity contribution in [3.8, 4) is 0 Å². The molecule has 4 nitrogen and oxygen atoms in total. The molecule has 0 saturated heterocycles. The molecule has 0 N–H and O–H groups in total. The number of rotatable bonds is 8. The maximum atomic E-state index is 6.85. The molecular formula is C62H52N2O2. The van der Waals surface area contributed by atoms with Crippen LogP contribution >= 0.6 is 0 Å². The van der Waals surface area contributed by atoms with Gasteiger partial charge in [-0.05, 0) is 132 Å². The molecule has 2 aromatic heterocycles. The zero-order valence-corrected chi connectivity index (χ0v) is 38.9. The molecule has 0 spiro atoms. The second-order valence-electron chi connectivity index (χ2n) is 19.1. The number of furan rings is 2. The number of fused-ring (bicyclic) bond motifs is 6. The highest BCUT2D eigenvalue weighted by Crippen LogP contribution is 2.53. The van der Waals surface area contributed by atoms with Crippen LogP contribution in [0.5, 0.6) is 0 Å². The van der Waals surface area contributed by atoms with Crippen LogP contribution in [0.1, 0.15) is 72.9 Å². The lowest BCUT2D eigenvalue weighted by Gasteiger charge is -2.32. The third kappa shape index (κ3) is 5.97. The Morgan fingerprint density at radius 3 is 1.14 bits per heavy atom. The summed E-state index contributed by atoms with van der Waals surface area (Å²) in [7, 11) is 0. The number of hydrogen-bond acceptors (Lipinski definition) is 4. The highest BCUT2D eigenvalue weighted by atomic mass is 16.3. The van der Waals surface area contributed by atoms with Crippen LogP contribution in [-0.4, -0.2) is 0 Å². The summed E-state index contributed by atoms with van der Waals surface area (Å²) in [6, 6.07) is 58.1. The van der Waals surface area contributed by atoms with Crippen molar-refractivity contribution in [3.63, 3.8) is 0 Å². The van der Waals surface area contributed by atoms with Gasteiger partial charge in [-0.2, -0.15) is 0 Å². The van der Waals surface area contributed by atoms with E-state index in [1.54, 1.807) is 0 Å². The summed E-state index contributed by atoms with van der Waals surface area (Å²) in [6.45, 7) is 18.1. The van der Waals surface area contributed by atoms with Crippen LogP contribution in [0.15, 0.2) is 167 Å². The topological polar surface area (TPSA) is 32.8 Å². The summed E-state index contributed by atoms with van der Waals surface area (Å²) in [5, 5.41) is 12.0. The Kier molecular flexibility index (Phi) is 9.09. The van der Waals surface area contributed by atoms with Crippen molar-refractivity contribution in [2.75, 3.05) is 9.80 Å². The Bertz CT molecular complexity index is 3650. The molecular weight excluding hydrogens is 805 g/mol. The number of nitrogens with zero attached hydrogens (tertiary/aromatic N) is 2. The van der Waals surface area contributed by atoms with Crippen LogP contribution in [-0.2, 0) is 0 Å². The molecule has 0 amide bonds. The van der Waals surface area contributed by atoms with E-state index in [0.717, 1.165) is 78.0 Å². The van der Waals surface area contributed by atoms with E-state index in [1.165, 1.54) is 65.7 Å². The molecule has 10 aromatic carbocycles. The average molecular weight is 857 g/mol. The number of hydrogen-bond donors (Lipinski definition) is 0. The normalized spacial score (nSPS) is 12.2. The smallest absolute Gasteiger partial charge is 0.159 e. The first-order chi connectivity index (χ1) is 32.0. The molecule has 4 heteroatoms. The second-order valence-corrected chi connectivity index (χ2v) is 19.1. The number of benzene rings is 10. The quantitative estimate of drug-likeness (QED) is 0.143. The SMILES string of the molecule is Cc1ccc(N(c2cc(C(C)C)c3ccc4c(N(c5ccc(C)cc5C)c5cccc6c5oc5ccccc56)cc(C(C)C)c5ccc2c3c54)c2cccc3c2oc2ccccc23)c(C)c1. The fraction of sp³-hybridized carbons (Fsp3) is 0.161. The Morgan fingerprint density at radius 2 is 0.727 bits per heavy atom. The van der Waals surface area contributed by atoms with Gasteiger partial charge in [0.2, 0.25) is 0 Å². The molecule has 0 aliphatic rings. The summed E-state index contributed by atoms with van der Waals surface area (Å²) < 4.78 is 13.7. The molecule has 322 valence electrons. The molecule has 0 unspecified atom stereocenters. The Morgan fingerprint density at radius 1 is 0.333 bits per heavy atom. The lowest BCUT2D eigenvalue weighted by molar-refractivity contribution is 0.668. The summed E-state index contributed by atoms with van der Waals surface area (Å²) in [4.78, 5) is 4.96. The van der Waals surface area contributed by atoms with Gasteiger partial charge in [-0.3, -0.25) is 0 Å². The van der Waals surface area contributed by atoms with Crippen molar-refractivity contribution >= 4 is 110 Å². The predicted octanol–water partition coefficient (Wildman–Crippen LogP) is 18.8. The molecule has 0 aliphatic heterocycles. The first-order valence-corrected chi connectivity index (χ1v) is 23.4. The molecule has 0 atom stereocenters. The van der Waals surface area contributed by atoms with Crippen LogP contribution in [0, 0.1) is 27.7 Å². The van der Waals surface area contributed by atoms with Gasteiger partial charge in [0.15, 0.2) is 11.2 Å². The van der Waals surface area contributed by atoms with Gasteiger partial charge in [-0.25, -0.2) is 0 Å². The van der Waals surface area contributed by atoms with Crippen LogP contribution in [0.3, 0.4) is 0 Å². The van der Waals surface area contributed by atoms with Gasteiger partial charge in [-0.1, -0.05) is 148 Å². The van der Waals surface area contributed by atoms with Crippen molar-refractivity contribution in [2.45, 2.75) is 67.2 Å². The lowest BCUT2D eigenvalue weighted by Crippen LogP contribution is -2.14. The van der Waals surface area contributed by atoms with Crippen LogP contribution in [0.4, 0.5) is 34.1 Å². The molecule has 0 radical (unpaired) electrons. The fourth-order valence-corrected chi connectivity index (χ4v) is 11.0. The van der Waals surface area contributed by atoms with E-state index in [2.05, 4.69) is 223 Å². The molecule has 0 saturated carbocycles. The van der Waals surface area contributed by atoms with Crippen molar-refractivity contribution in [1.82, 2.24) is 0 Å². The van der Waals surface area contributed by atoms with Crippen LogP contribution in [0.25, 0.3) is 76.2 Å². The van der Waals surface area contributed by atoms with Gasteiger partial charge in [-0.15, -0.1) is 0 Å². The Balaban J connectivity index is 1.22. The van der Waals surface area contributed by atoms with Crippen molar-refractivity contribution in [3.05, 3.63) is 191 Å². The van der Waals surface area contributed by atoms with Crippen LogP contribution in [0.2, 0.25) is 0 Å². The first-order valence-electron chi connectivity index (χ1n) is 23.4. The Hall–Kier alpha value is -7.56. The monoisotopic (exact) mass is 856 g/mol. The summed E-state index contributed by atoms with van der Waals surface area (Å²) >= 11 is 0. The fourth-order valence-electron chi connectivity index (χ4n) is 11.0. The maximum absolute atomic E-state index is 6.85. The molecule has 66 heavy (non-hydrogen) atoms. The first kappa shape index (κ1) is 40.0. The van der Waals surface area contributed by atoms with E-state index in [0.29, 0.717) is 0 Å². The van der Waals surface area contributed by atoms with Crippen molar-refractivity contribution < 1.29 is 8.83 Å². The molecule has 0 aliphatic carbocycles. The summed E-state index contributed by atoms with van der Waals surface area (Å²) in [6.07, 6.45) is 0. The minimum atomic E-state index is 0.248. The van der Waals surface area contributed by atoms with Gasteiger partial charge in [0.05, 0.1) is 22.7 Å². The predicted molar refractivity (Wildman–Crippen MR) is 281 cm³/mol. The average Bonchev–Trinajstić information content (AvgIpc) is 3.89. The maximum Gasteiger partial charge on any atom is 0.159 e. The third-order valence-electron chi connectivity index (χ3n) is 14.1. The van der Waals surface area contributed by atoms with E-state index in [4.69, 9.17) is 8.83 Å². The number of para-hydroxylation sites is 4. The minimum absolute atomic E-state index is 0.248. The molecule has 12 aromatic rings. The van der Waals surface area contributed by atoms with Gasteiger partial charge in [0.25, 0.3) is 0 Å². The van der Waals surface area contributed by atoms with Crippen molar-refractivity contribution in [2.24, 2.45) is 0 Å². The second kappa shape index (κ2) is 15.0. The van der Waals surface area contributed by atoms with Crippen LogP contribution < -0.4 is 9.80 Å². The van der Waals surface area contributed by atoms with E-state index in [-0.39, 0.29) is 11.8 Å². The van der Waals surface area contributed by atoms with E-state index in [9.17, 15) is 0 Å². The lowest BCUT2D eigenvalue weighted by atomic mass is 9.84. The van der Waals surface area contributed by atoms with E-state index < -0.39 is 0 Å². The Labute approximate surface area is 385 Å².